The molecular weight excluding hydrogens is 447 g/mol. The fourth-order valence-corrected chi connectivity index (χ4v) is 6.36. The average Bonchev–Trinajstić information content (AvgIpc) is 3.33. The Morgan fingerprint density at radius 1 is 1.00 bits per heavy atom. The van der Waals surface area contributed by atoms with Crippen LogP contribution in [0, 0.1) is 11.7 Å². The summed E-state index contributed by atoms with van der Waals surface area (Å²) in [5, 5.41) is 0. The van der Waals surface area contributed by atoms with Crippen molar-refractivity contribution in [3.8, 4) is 11.5 Å². The highest BCUT2D eigenvalue weighted by Gasteiger charge is 2.39. The molecule has 0 spiro atoms. The number of amides is 1. The zero-order valence-corrected chi connectivity index (χ0v) is 19.7. The van der Waals surface area contributed by atoms with Crippen LogP contribution in [0.4, 0.5) is 4.39 Å². The molecule has 2 aliphatic heterocycles. The van der Waals surface area contributed by atoms with Gasteiger partial charge in [0.2, 0.25) is 15.9 Å². The number of rotatable bonds is 6. The van der Waals surface area contributed by atoms with Crippen molar-refractivity contribution in [3.05, 3.63) is 53.8 Å². The second-order valence-corrected chi connectivity index (χ2v) is 10.3. The number of nitrogens with zero attached hydrogens (tertiary/aromatic N) is 2. The van der Waals surface area contributed by atoms with Gasteiger partial charge >= 0.3 is 0 Å². The van der Waals surface area contributed by atoms with E-state index in [-0.39, 0.29) is 35.9 Å². The van der Waals surface area contributed by atoms with Gasteiger partial charge in [0, 0.05) is 31.1 Å². The summed E-state index contributed by atoms with van der Waals surface area (Å²) in [5.74, 6) is 0.422. The van der Waals surface area contributed by atoms with E-state index in [0.29, 0.717) is 30.9 Å². The van der Waals surface area contributed by atoms with Crippen LogP contribution in [-0.2, 0) is 14.8 Å². The summed E-state index contributed by atoms with van der Waals surface area (Å²) in [6, 6.07) is 10.9. The van der Waals surface area contributed by atoms with Crippen molar-refractivity contribution in [1.82, 2.24) is 9.21 Å². The molecule has 1 atom stereocenters. The number of hydrogen-bond acceptors (Lipinski definition) is 5. The van der Waals surface area contributed by atoms with Gasteiger partial charge in [0.05, 0.1) is 20.3 Å². The van der Waals surface area contributed by atoms with Gasteiger partial charge in [-0.1, -0.05) is 12.1 Å². The second-order valence-electron chi connectivity index (χ2n) is 8.41. The lowest BCUT2D eigenvalue weighted by Gasteiger charge is -2.34. The maximum atomic E-state index is 14.1. The number of ether oxygens (including phenoxy) is 2. The van der Waals surface area contributed by atoms with Gasteiger partial charge in [-0.2, -0.15) is 4.31 Å². The smallest absolute Gasteiger partial charge is 0.245 e. The first-order chi connectivity index (χ1) is 15.9. The molecule has 33 heavy (non-hydrogen) atoms. The van der Waals surface area contributed by atoms with Gasteiger partial charge in [-0.15, -0.1) is 0 Å². The monoisotopic (exact) mass is 476 g/mol. The molecule has 0 unspecified atom stereocenters. The van der Waals surface area contributed by atoms with E-state index < -0.39 is 15.8 Å². The van der Waals surface area contributed by atoms with E-state index in [1.807, 2.05) is 23.1 Å². The molecule has 2 aliphatic rings. The molecule has 0 N–H and O–H groups in total. The Morgan fingerprint density at radius 2 is 1.73 bits per heavy atom. The number of sulfonamides is 1. The summed E-state index contributed by atoms with van der Waals surface area (Å²) in [6.07, 6.45) is 2.53. The van der Waals surface area contributed by atoms with Crippen LogP contribution >= 0.6 is 0 Å². The zero-order valence-electron chi connectivity index (χ0n) is 18.9. The molecule has 178 valence electrons. The third-order valence-corrected chi connectivity index (χ3v) is 8.52. The number of piperidine rings is 1. The van der Waals surface area contributed by atoms with Crippen LogP contribution in [-0.4, -0.2) is 57.4 Å². The molecule has 0 saturated carbocycles. The number of carbonyl (C=O) groups excluding carboxylic acids is 1. The third-order valence-electron chi connectivity index (χ3n) is 6.59. The molecule has 4 rings (SSSR count). The van der Waals surface area contributed by atoms with Gasteiger partial charge in [-0.25, -0.2) is 12.8 Å². The van der Waals surface area contributed by atoms with E-state index >= 15 is 0 Å². The normalized spacial score (nSPS) is 20.1. The molecule has 1 amide bonds. The molecule has 0 radical (unpaired) electrons. The predicted molar refractivity (Wildman–Crippen MR) is 121 cm³/mol. The maximum absolute atomic E-state index is 14.1. The number of methoxy groups -OCH3 is 2. The van der Waals surface area contributed by atoms with Crippen LogP contribution in [0.1, 0.15) is 37.3 Å². The maximum Gasteiger partial charge on any atom is 0.245 e. The lowest BCUT2D eigenvalue weighted by atomic mass is 9.95. The van der Waals surface area contributed by atoms with Gasteiger partial charge in [0.15, 0.2) is 0 Å². The fraction of sp³-hybridized carbons (Fsp3) is 0.458. The van der Waals surface area contributed by atoms with E-state index in [9.17, 15) is 17.6 Å². The molecule has 0 aromatic heterocycles. The average molecular weight is 477 g/mol. The zero-order chi connectivity index (χ0) is 23.6. The van der Waals surface area contributed by atoms with E-state index in [4.69, 9.17) is 9.47 Å². The SMILES string of the molecule is COc1ccc(OC)c([C@@H]2CCCN2C(=O)C2CCN(S(=O)(=O)c3ccccc3F)CC2)c1. The van der Waals surface area contributed by atoms with Gasteiger partial charge in [-0.05, 0) is 56.0 Å². The minimum atomic E-state index is -3.93. The molecule has 0 aliphatic carbocycles. The summed E-state index contributed by atoms with van der Waals surface area (Å²) in [4.78, 5) is 15.0. The minimum Gasteiger partial charge on any atom is -0.497 e. The summed E-state index contributed by atoms with van der Waals surface area (Å²) in [7, 11) is -0.716. The Balaban J connectivity index is 1.47. The molecule has 2 fully saturated rings. The molecule has 7 nitrogen and oxygen atoms in total. The van der Waals surface area contributed by atoms with Gasteiger partial charge in [0.25, 0.3) is 0 Å². The quantitative estimate of drug-likeness (QED) is 0.637. The largest absolute Gasteiger partial charge is 0.497 e. The van der Waals surface area contributed by atoms with Crippen molar-refractivity contribution in [3.63, 3.8) is 0 Å². The van der Waals surface area contributed by atoms with E-state index in [1.165, 1.54) is 22.5 Å². The van der Waals surface area contributed by atoms with Crippen molar-refractivity contribution >= 4 is 15.9 Å². The summed E-state index contributed by atoms with van der Waals surface area (Å²) in [5.41, 5.74) is 0.919. The minimum absolute atomic E-state index is 0.0327. The van der Waals surface area contributed by atoms with E-state index in [1.54, 1.807) is 14.2 Å². The van der Waals surface area contributed by atoms with Crippen LogP contribution in [0.3, 0.4) is 0 Å². The number of hydrogen-bond donors (Lipinski definition) is 0. The predicted octanol–water partition coefficient (Wildman–Crippen LogP) is 3.61. The van der Waals surface area contributed by atoms with E-state index in [2.05, 4.69) is 0 Å². The van der Waals surface area contributed by atoms with E-state index in [0.717, 1.165) is 24.5 Å². The molecular formula is C24H29FN2O5S. The van der Waals surface area contributed by atoms with Crippen molar-refractivity contribution in [2.45, 2.75) is 36.6 Å². The summed E-state index contributed by atoms with van der Waals surface area (Å²) < 4.78 is 52.0. The topological polar surface area (TPSA) is 76.2 Å². The highest BCUT2D eigenvalue weighted by atomic mass is 32.2. The summed E-state index contributed by atoms with van der Waals surface area (Å²) in [6.45, 7) is 1.03. The first-order valence-electron chi connectivity index (χ1n) is 11.1. The molecule has 2 aromatic carbocycles. The Hall–Kier alpha value is -2.65. The van der Waals surface area contributed by atoms with Crippen LogP contribution in [0.25, 0.3) is 0 Å². The molecule has 0 bridgehead atoms. The van der Waals surface area contributed by atoms with Crippen molar-refractivity contribution in [1.29, 1.82) is 0 Å². The van der Waals surface area contributed by atoms with Crippen molar-refractivity contribution in [2.75, 3.05) is 33.9 Å². The lowest BCUT2D eigenvalue weighted by molar-refractivity contribution is -0.137. The van der Waals surface area contributed by atoms with Crippen LogP contribution in [0.5, 0.6) is 11.5 Å². The molecule has 2 saturated heterocycles. The number of carbonyl (C=O) groups is 1. The third kappa shape index (κ3) is 4.56. The first kappa shape index (κ1) is 23.5. The highest BCUT2D eigenvalue weighted by Crippen LogP contribution is 2.40. The molecule has 2 aromatic rings. The Kier molecular flexibility index (Phi) is 6.90. The van der Waals surface area contributed by atoms with Crippen LogP contribution in [0.15, 0.2) is 47.4 Å². The Bertz CT molecular complexity index is 1120. The summed E-state index contributed by atoms with van der Waals surface area (Å²) >= 11 is 0. The Labute approximate surface area is 194 Å². The standard InChI is InChI=1S/C24H29FN2O5S/c1-31-18-9-10-22(32-2)19(16-18)21-7-5-13-27(21)24(28)17-11-14-26(15-12-17)33(29,30)23-8-4-3-6-20(23)25/h3-4,6,8-10,16-17,21H,5,7,11-15H2,1-2H3/t21-/m0/s1. The van der Waals surface area contributed by atoms with Gasteiger partial charge in [-0.3, -0.25) is 4.79 Å². The van der Waals surface area contributed by atoms with Crippen LogP contribution < -0.4 is 9.47 Å². The molecule has 2 heterocycles. The number of likely N-dealkylation sites (tertiary alicyclic amines) is 1. The van der Waals surface area contributed by atoms with Gasteiger partial charge < -0.3 is 14.4 Å². The number of halogens is 1. The first-order valence-corrected chi connectivity index (χ1v) is 12.6. The van der Waals surface area contributed by atoms with Crippen molar-refractivity contribution in [2.24, 2.45) is 5.92 Å². The second kappa shape index (κ2) is 9.69. The van der Waals surface area contributed by atoms with Crippen molar-refractivity contribution < 1.29 is 27.1 Å². The Morgan fingerprint density at radius 3 is 2.39 bits per heavy atom. The number of benzene rings is 2. The fourth-order valence-electron chi connectivity index (χ4n) is 4.82. The van der Waals surface area contributed by atoms with Crippen LogP contribution in [0.2, 0.25) is 0 Å². The van der Waals surface area contributed by atoms with Gasteiger partial charge in [0.1, 0.15) is 22.2 Å². The highest BCUT2D eigenvalue weighted by molar-refractivity contribution is 7.89. The molecule has 9 heteroatoms. The lowest BCUT2D eigenvalue weighted by Crippen LogP contribution is -2.44.